The fourth-order valence-corrected chi connectivity index (χ4v) is 2.68. The van der Waals surface area contributed by atoms with Crippen molar-refractivity contribution < 1.29 is 17.9 Å². The number of nitrogens with zero attached hydrogens (tertiary/aromatic N) is 3. The Balaban J connectivity index is 1.92. The van der Waals surface area contributed by atoms with Gasteiger partial charge in [-0.2, -0.15) is 5.10 Å². The molecule has 0 atom stereocenters. The summed E-state index contributed by atoms with van der Waals surface area (Å²) in [6, 6.07) is 10.8. The molecule has 0 bridgehead atoms. The summed E-state index contributed by atoms with van der Waals surface area (Å²) in [6.07, 6.45) is -4.73. The van der Waals surface area contributed by atoms with Gasteiger partial charge in [-0.25, -0.2) is 4.99 Å². The molecule has 0 unspecified atom stereocenters. The van der Waals surface area contributed by atoms with Crippen molar-refractivity contribution in [3.05, 3.63) is 52.6 Å². The molecule has 9 heteroatoms. The molecule has 25 heavy (non-hydrogen) atoms. The van der Waals surface area contributed by atoms with Gasteiger partial charge in [0.05, 0.1) is 11.2 Å². The van der Waals surface area contributed by atoms with E-state index in [4.69, 9.17) is 5.73 Å². The molecule has 2 N–H and O–H groups in total. The van der Waals surface area contributed by atoms with Crippen LogP contribution in [-0.4, -0.2) is 22.0 Å². The largest absolute Gasteiger partial charge is 0.573 e. The number of halogens is 4. The molecule has 0 aliphatic heterocycles. The second kappa shape index (κ2) is 6.40. The molecule has 5 nitrogen and oxygen atoms in total. The van der Waals surface area contributed by atoms with E-state index in [9.17, 15) is 13.2 Å². The van der Waals surface area contributed by atoms with Crippen molar-refractivity contribution in [2.24, 2.45) is 17.8 Å². The Labute approximate surface area is 149 Å². The quantitative estimate of drug-likeness (QED) is 0.515. The molecule has 0 saturated heterocycles. The first-order chi connectivity index (χ1) is 11.7. The Morgan fingerprint density at radius 2 is 1.88 bits per heavy atom. The van der Waals surface area contributed by atoms with Gasteiger partial charge in [-0.1, -0.05) is 15.9 Å². The van der Waals surface area contributed by atoms with E-state index in [1.54, 1.807) is 11.7 Å². The number of fused-ring (bicyclic) bond motifs is 1. The molecule has 2 aromatic carbocycles. The van der Waals surface area contributed by atoms with Crippen molar-refractivity contribution in [1.29, 1.82) is 0 Å². The number of alkyl halides is 3. The summed E-state index contributed by atoms with van der Waals surface area (Å²) < 4.78 is 42.9. The summed E-state index contributed by atoms with van der Waals surface area (Å²) in [5.41, 5.74) is 7.80. The third kappa shape index (κ3) is 3.93. The van der Waals surface area contributed by atoms with Crippen molar-refractivity contribution >= 4 is 38.4 Å². The van der Waals surface area contributed by atoms with E-state index in [-0.39, 0.29) is 11.6 Å². The van der Waals surface area contributed by atoms with Crippen molar-refractivity contribution in [2.45, 2.75) is 6.36 Å². The molecule has 0 saturated carbocycles. The van der Waals surface area contributed by atoms with E-state index in [0.29, 0.717) is 11.4 Å². The summed E-state index contributed by atoms with van der Waals surface area (Å²) in [7, 11) is 1.79. The Morgan fingerprint density at radius 1 is 1.20 bits per heavy atom. The fraction of sp³-hybridized carbons (Fsp3) is 0.125. The Hall–Kier alpha value is -2.55. The van der Waals surface area contributed by atoms with E-state index >= 15 is 0 Å². The predicted molar refractivity (Wildman–Crippen MR) is 91.9 cm³/mol. The van der Waals surface area contributed by atoms with Crippen LogP contribution in [-0.2, 0) is 7.05 Å². The molecule has 0 aliphatic carbocycles. The lowest BCUT2D eigenvalue weighted by Crippen LogP contribution is -2.17. The Kier molecular flexibility index (Phi) is 4.42. The number of ether oxygens (including phenoxy) is 1. The first kappa shape index (κ1) is 17.3. The van der Waals surface area contributed by atoms with Crippen LogP contribution in [0, 0.1) is 0 Å². The number of hydrogen-bond donors (Lipinski definition) is 1. The molecule has 0 radical (unpaired) electrons. The summed E-state index contributed by atoms with van der Waals surface area (Å²) in [6.45, 7) is 0. The number of nitrogens with two attached hydrogens (primary N) is 1. The number of benzene rings is 2. The van der Waals surface area contributed by atoms with Gasteiger partial charge < -0.3 is 10.5 Å². The minimum atomic E-state index is -4.73. The number of hydrogen-bond acceptors (Lipinski definition) is 3. The van der Waals surface area contributed by atoms with Gasteiger partial charge in [0.25, 0.3) is 0 Å². The van der Waals surface area contributed by atoms with E-state index in [1.165, 1.54) is 24.3 Å². The molecule has 3 aromatic rings. The topological polar surface area (TPSA) is 65.4 Å². The van der Waals surface area contributed by atoms with Gasteiger partial charge in [0.1, 0.15) is 11.4 Å². The highest BCUT2D eigenvalue weighted by Gasteiger charge is 2.30. The summed E-state index contributed by atoms with van der Waals surface area (Å²) in [5.74, 6) is -0.157. The second-order valence-electron chi connectivity index (χ2n) is 5.17. The Morgan fingerprint density at radius 3 is 2.52 bits per heavy atom. The second-order valence-corrected chi connectivity index (χ2v) is 6.09. The predicted octanol–water partition coefficient (Wildman–Crippen LogP) is 4.27. The number of rotatable bonds is 3. The average molecular weight is 413 g/mol. The normalized spacial score (nSPS) is 12.6. The van der Waals surface area contributed by atoms with Crippen LogP contribution in [0.15, 0.2) is 51.9 Å². The highest BCUT2D eigenvalue weighted by atomic mass is 79.9. The minimum Gasteiger partial charge on any atom is -0.406 e. The van der Waals surface area contributed by atoms with Crippen LogP contribution in [0.25, 0.3) is 10.9 Å². The van der Waals surface area contributed by atoms with E-state index in [2.05, 4.69) is 30.8 Å². The zero-order valence-electron chi connectivity index (χ0n) is 12.9. The number of aryl methyl sites for hydroxylation is 1. The highest BCUT2D eigenvalue weighted by molar-refractivity contribution is 9.10. The van der Waals surface area contributed by atoms with Crippen LogP contribution in [0.4, 0.5) is 18.9 Å². The van der Waals surface area contributed by atoms with E-state index in [1.807, 2.05) is 18.2 Å². The zero-order valence-corrected chi connectivity index (χ0v) is 14.5. The number of amidine groups is 1. The maximum absolute atomic E-state index is 12.2. The number of aromatic nitrogens is 2. The molecular formula is C16H12BrF3N4O. The van der Waals surface area contributed by atoms with Gasteiger partial charge >= 0.3 is 6.36 Å². The minimum absolute atomic E-state index is 0.164. The average Bonchev–Trinajstić information content (AvgIpc) is 2.84. The molecule has 0 amide bonds. The lowest BCUT2D eigenvalue weighted by atomic mass is 10.2. The van der Waals surface area contributed by atoms with Crippen LogP contribution < -0.4 is 10.5 Å². The van der Waals surface area contributed by atoms with E-state index in [0.717, 1.165) is 15.4 Å². The van der Waals surface area contributed by atoms with Crippen LogP contribution in [0.3, 0.4) is 0 Å². The number of aliphatic imine (C=N–C) groups is 1. The maximum atomic E-state index is 12.2. The summed E-state index contributed by atoms with van der Waals surface area (Å²) >= 11 is 3.40. The van der Waals surface area contributed by atoms with Gasteiger partial charge in [0, 0.05) is 16.9 Å². The standard InChI is InChI=1S/C16H12BrF3N4O/c1-24-13-8-9(17)2-7-12(13)14(23-24)15(21)22-10-3-5-11(6-4-10)25-16(18,19)20/h2-8H,1H3,(H2,21,22). The summed E-state index contributed by atoms with van der Waals surface area (Å²) in [4.78, 5) is 4.22. The SMILES string of the molecule is Cn1nc(C(N)=Nc2ccc(OC(F)(F)F)cc2)c2ccc(Br)cc21. The van der Waals surface area contributed by atoms with Crippen LogP contribution in [0.1, 0.15) is 5.69 Å². The third-order valence-electron chi connectivity index (χ3n) is 3.38. The van der Waals surface area contributed by atoms with Crippen LogP contribution in [0.5, 0.6) is 5.75 Å². The van der Waals surface area contributed by atoms with Gasteiger partial charge in [-0.15, -0.1) is 13.2 Å². The van der Waals surface area contributed by atoms with Gasteiger partial charge in [0.15, 0.2) is 5.84 Å². The molecular weight excluding hydrogens is 401 g/mol. The summed E-state index contributed by atoms with van der Waals surface area (Å²) in [5, 5.41) is 5.18. The zero-order chi connectivity index (χ0) is 18.2. The monoisotopic (exact) mass is 412 g/mol. The fourth-order valence-electron chi connectivity index (χ4n) is 2.33. The third-order valence-corrected chi connectivity index (χ3v) is 3.87. The first-order valence-electron chi connectivity index (χ1n) is 7.05. The van der Waals surface area contributed by atoms with Crippen molar-refractivity contribution in [2.75, 3.05) is 0 Å². The van der Waals surface area contributed by atoms with Crippen molar-refractivity contribution in [1.82, 2.24) is 9.78 Å². The van der Waals surface area contributed by atoms with Gasteiger partial charge in [-0.3, -0.25) is 4.68 Å². The Bertz CT molecular complexity index is 948. The van der Waals surface area contributed by atoms with Gasteiger partial charge in [-0.05, 0) is 42.5 Å². The smallest absolute Gasteiger partial charge is 0.406 e. The lowest BCUT2D eigenvalue weighted by Gasteiger charge is -2.08. The van der Waals surface area contributed by atoms with E-state index < -0.39 is 6.36 Å². The van der Waals surface area contributed by atoms with Crippen molar-refractivity contribution in [3.63, 3.8) is 0 Å². The first-order valence-corrected chi connectivity index (χ1v) is 7.85. The molecule has 0 spiro atoms. The lowest BCUT2D eigenvalue weighted by molar-refractivity contribution is -0.274. The van der Waals surface area contributed by atoms with Crippen molar-refractivity contribution in [3.8, 4) is 5.75 Å². The highest BCUT2D eigenvalue weighted by Crippen LogP contribution is 2.26. The van der Waals surface area contributed by atoms with Crippen LogP contribution >= 0.6 is 15.9 Å². The molecule has 1 heterocycles. The van der Waals surface area contributed by atoms with Gasteiger partial charge in [0.2, 0.25) is 0 Å². The molecule has 0 fully saturated rings. The van der Waals surface area contributed by atoms with Crippen LogP contribution in [0.2, 0.25) is 0 Å². The molecule has 0 aliphatic rings. The molecule has 130 valence electrons. The maximum Gasteiger partial charge on any atom is 0.573 e. The molecule has 3 rings (SSSR count). The molecule has 1 aromatic heterocycles.